The molecule has 2 N–H and O–H groups in total. The zero-order valence-corrected chi connectivity index (χ0v) is 11.2. The first-order valence-electron chi connectivity index (χ1n) is 4.46. The summed E-state index contributed by atoms with van der Waals surface area (Å²) >= 11 is 4.49. The summed E-state index contributed by atoms with van der Waals surface area (Å²) in [7, 11) is 0. The fraction of sp³-hybridized carbons (Fsp3) is 0.444. The van der Waals surface area contributed by atoms with Gasteiger partial charge in [-0.2, -0.15) is 0 Å². The lowest BCUT2D eigenvalue weighted by Gasteiger charge is -2.17. The molecule has 1 rings (SSSR count). The van der Waals surface area contributed by atoms with E-state index >= 15 is 0 Å². The highest BCUT2D eigenvalue weighted by Crippen LogP contribution is 2.25. The largest absolute Gasteiger partial charge is 0.481 e. The first-order chi connectivity index (χ1) is 7.31. The molecule has 0 aliphatic heterocycles. The number of rotatable bonds is 4. The van der Waals surface area contributed by atoms with Gasteiger partial charge < -0.3 is 10.4 Å². The Kier molecular flexibility index (Phi) is 4.03. The Hall–Kier alpha value is -0.950. The average molecular weight is 307 g/mol. The maximum atomic E-state index is 11.5. The summed E-state index contributed by atoms with van der Waals surface area (Å²) in [6.45, 7) is 3.01. The molecule has 0 atom stereocenters. The Morgan fingerprint density at radius 3 is 2.69 bits per heavy atom. The maximum absolute atomic E-state index is 11.5. The molecule has 0 bridgehead atoms. The number of hydrogen-bond acceptors (Lipinski definition) is 4. The first kappa shape index (κ1) is 13.1. The maximum Gasteiger partial charge on any atom is 0.309 e. The Morgan fingerprint density at radius 1 is 1.62 bits per heavy atom. The number of aliphatic carboxylic acids is 1. The Labute approximate surface area is 105 Å². The van der Waals surface area contributed by atoms with Gasteiger partial charge in [0.15, 0.2) is 5.13 Å². The van der Waals surface area contributed by atoms with Gasteiger partial charge >= 0.3 is 5.97 Å². The van der Waals surface area contributed by atoms with E-state index in [1.165, 1.54) is 25.2 Å². The van der Waals surface area contributed by atoms with Gasteiger partial charge in [0.25, 0.3) is 0 Å². The molecule has 0 aliphatic rings. The summed E-state index contributed by atoms with van der Waals surface area (Å²) in [5.74, 6) is -1.35. The number of carboxylic acids is 1. The van der Waals surface area contributed by atoms with Crippen LogP contribution in [0.15, 0.2) is 9.98 Å². The number of halogens is 1. The normalized spacial score (nSPS) is 11.2. The number of nitrogens with zero attached hydrogens (tertiary/aromatic N) is 1. The van der Waals surface area contributed by atoms with Crippen LogP contribution in [-0.2, 0) is 9.59 Å². The molecule has 0 aromatic carbocycles. The zero-order chi connectivity index (χ0) is 12.3. The molecule has 1 aromatic rings. The molecule has 0 aliphatic carbocycles. The van der Waals surface area contributed by atoms with Gasteiger partial charge in [0.2, 0.25) is 5.91 Å². The molecule has 1 amide bonds. The van der Waals surface area contributed by atoms with Crippen LogP contribution in [0.5, 0.6) is 0 Å². The van der Waals surface area contributed by atoms with Gasteiger partial charge in [0, 0.05) is 6.42 Å². The van der Waals surface area contributed by atoms with E-state index in [1.54, 1.807) is 6.20 Å². The summed E-state index contributed by atoms with van der Waals surface area (Å²) < 4.78 is 0.806. The summed E-state index contributed by atoms with van der Waals surface area (Å²) in [4.78, 5) is 26.3. The van der Waals surface area contributed by atoms with Crippen LogP contribution in [0.3, 0.4) is 0 Å². The van der Waals surface area contributed by atoms with E-state index in [4.69, 9.17) is 5.11 Å². The average Bonchev–Trinajstić information content (AvgIpc) is 2.49. The van der Waals surface area contributed by atoms with Crippen LogP contribution in [0, 0.1) is 5.41 Å². The van der Waals surface area contributed by atoms with E-state index in [2.05, 4.69) is 26.2 Å². The fourth-order valence-electron chi connectivity index (χ4n) is 0.953. The van der Waals surface area contributed by atoms with Crippen LogP contribution in [0.25, 0.3) is 0 Å². The lowest BCUT2D eigenvalue weighted by molar-refractivity contribution is -0.148. The third-order valence-electron chi connectivity index (χ3n) is 1.91. The number of carboxylic acid groups (broad SMARTS) is 1. The van der Waals surface area contributed by atoms with Crippen molar-refractivity contribution in [3.05, 3.63) is 9.98 Å². The van der Waals surface area contributed by atoms with Crippen LogP contribution in [-0.4, -0.2) is 22.0 Å². The predicted molar refractivity (Wildman–Crippen MR) is 64.5 cm³/mol. The van der Waals surface area contributed by atoms with Crippen molar-refractivity contribution in [1.29, 1.82) is 0 Å². The number of hydrogen-bond donors (Lipinski definition) is 2. The van der Waals surface area contributed by atoms with Crippen molar-refractivity contribution in [2.45, 2.75) is 20.3 Å². The zero-order valence-electron chi connectivity index (χ0n) is 8.78. The molecule has 88 valence electrons. The summed E-state index contributed by atoms with van der Waals surface area (Å²) in [5.41, 5.74) is -1.07. The molecule has 0 radical (unpaired) electrons. The van der Waals surface area contributed by atoms with E-state index in [9.17, 15) is 9.59 Å². The molecule has 1 heterocycles. The van der Waals surface area contributed by atoms with Crippen molar-refractivity contribution in [2.75, 3.05) is 5.32 Å². The molecule has 0 fully saturated rings. The van der Waals surface area contributed by atoms with Gasteiger partial charge in [-0.15, -0.1) is 0 Å². The Bertz CT molecular complexity index is 417. The predicted octanol–water partition coefficient (Wildman–Crippen LogP) is 2.34. The quantitative estimate of drug-likeness (QED) is 0.895. The standard InChI is InChI=1S/C9H11BrN2O3S/c1-9(2,7(14)15)3-6(13)12-8-11-4-5(10)16-8/h4H,3H2,1-2H3,(H,14,15)(H,11,12,13). The number of carbonyl (C=O) groups is 2. The molecule has 16 heavy (non-hydrogen) atoms. The molecule has 0 saturated heterocycles. The van der Waals surface area contributed by atoms with Gasteiger partial charge in [0.05, 0.1) is 15.4 Å². The monoisotopic (exact) mass is 306 g/mol. The number of amides is 1. The molecular formula is C9H11BrN2O3S. The number of aromatic nitrogens is 1. The number of thiazole rings is 1. The van der Waals surface area contributed by atoms with Gasteiger partial charge in [-0.3, -0.25) is 9.59 Å². The van der Waals surface area contributed by atoms with Crippen LogP contribution in [0.1, 0.15) is 20.3 Å². The molecule has 1 aromatic heterocycles. The third kappa shape index (κ3) is 3.57. The molecule has 0 saturated carbocycles. The van der Waals surface area contributed by atoms with Crippen LogP contribution < -0.4 is 5.32 Å². The Balaban J connectivity index is 2.58. The smallest absolute Gasteiger partial charge is 0.309 e. The van der Waals surface area contributed by atoms with Crippen LogP contribution in [0.4, 0.5) is 5.13 Å². The first-order valence-corrected chi connectivity index (χ1v) is 6.07. The highest BCUT2D eigenvalue weighted by molar-refractivity contribution is 9.11. The number of nitrogens with one attached hydrogen (secondary N) is 1. The molecule has 7 heteroatoms. The van der Waals surface area contributed by atoms with Crippen molar-refractivity contribution >= 4 is 44.3 Å². The van der Waals surface area contributed by atoms with E-state index in [-0.39, 0.29) is 12.3 Å². The topological polar surface area (TPSA) is 79.3 Å². The lowest BCUT2D eigenvalue weighted by Crippen LogP contribution is -2.29. The van der Waals surface area contributed by atoms with Gasteiger partial charge in [-0.25, -0.2) is 4.98 Å². The van der Waals surface area contributed by atoms with Gasteiger partial charge in [-0.1, -0.05) is 11.3 Å². The Morgan fingerprint density at radius 2 is 2.25 bits per heavy atom. The molecule has 5 nitrogen and oxygen atoms in total. The minimum absolute atomic E-state index is 0.0838. The van der Waals surface area contributed by atoms with E-state index in [0.29, 0.717) is 5.13 Å². The SMILES string of the molecule is CC(C)(CC(=O)Nc1ncc(Br)s1)C(=O)O. The number of carbonyl (C=O) groups excluding carboxylic acids is 1. The lowest BCUT2D eigenvalue weighted by atomic mass is 9.89. The second-order valence-electron chi connectivity index (χ2n) is 3.88. The van der Waals surface area contributed by atoms with Crippen molar-refractivity contribution < 1.29 is 14.7 Å². The minimum atomic E-state index is -1.07. The van der Waals surface area contributed by atoms with Crippen LogP contribution >= 0.6 is 27.3 Å². The third-order valence-corrected chi connectivity index (χ3v) is 3.30. The van der Waals surface area contributed by atoms with E-state index in [1.807, 2.05) is 0 Å². The fourth-order valence-corrected chi connectivity index (χ4v) is 2.08. The van der Waals surface area contributed by atoms with E-state index < -0.39 is 11.4 Å². The molecule has 0 spiro atoms. The summed E-state index contributed by atoms with van der Waals surface area (Å²) in [6.07, 6.45) is 1.49. The van der Waals surface area contributed by atoms with Crippen molar-refractivity contribution in [3.63, 3.8) is 0 Å². The highest BCUT2D eigenvalue weighted by atomic mass is 79.9. The minimum Gasteiger partial charge on any atom is -0.481 e. The van der Waals surface area contributed by atoms with Crippen molar-refractivity contribution in [3.8, 4) is 0 Å². The summed E-state index contributed by atoms with van der Waals surface area (Å²) in [5, 5.41) is 11.9. The molecule has 0 unspecified atom stereocenters. The second kappa shape index (κ2) is 4.92. The van der Waals surface area contributed by atoms with E-state index in [0.717, 1.165) is 3.79 Å². The number of anilines is 1. The summed E-state index contributed by atoms with van der Waals surface area (Å²) in [6, 6.07) is 0. The molecular weight excluding hydrogens is 296 g/mol. The van der Waals surface area contributed by atoms with Crippen molar-refractivity contribution in [1.82, 2.24) is 4.98 Å². The van der Waals surface area contributed by atoms with Crippen LogP contribution in [0.2, 0.25) is 0 Å². The highest BCUT2D eigenvalue weighted by Gasteiger charge is 2.30. The van der Waals surface area contributed by atoms with Crippen molar-refractivity contribution in [2.24, 2.45) is 5.41 Å². The van der Waals surface area contributed by atoms with Gasteiger partial charge in [0.1, 0.15) is 0 Å². The van der Waals surface area contributed by atoms with Gasteiger partial charge in [-0.05, 0) is 29.8 Å². The second-order valence-corrected chi connectivity index (χ2v) is 6.29.